The summed E-state index contributed by atoms with van der Waals surface area (Å²) in [6, 6.07) is 0.269. The zero-order chi connectivity index (χ0) is 23.3. The van der Waals surface area contributed by atoms with Crippen molar-refractivity contribution in [1.82, 2.24) is 30.0 Å². The smallest absolute Gasteiger partial charge is 0.278 e. The topological polar surface area (TPSA) is 85.2 Å². The molecule has 1 amide bonds. The molecule has 0 unspecified atom stereocenters. The van der Waals surface area contributed by atoms with Crippen molar-refractivity contribution < 1.29 is 18.3 Å². The van der Waals surface area contributed by atoms with E-state index in [-0.39, 0.29) is 11.9 Å². The van der Waals surface area contributed by atoms with Gasteiger partial charge in [-0.05, 0) is 51.0 Å². The van der Waals surface area contributed by atoms with E-state index in [1.165, 1.54) is 17.7 Å². The van der Waals surface area contributed by atoms with Crippen molar-refractivity contribution in [2.24, 2.45) is 5.92 Å². The molecular formula is C22H32F2N6O2S. The highest BCUT2D eigenvalue weighted by molar-refractivity contribution is 7.13. The van der Waals surface area contributed by atoms with Gasteiger partial charge in [-0.25, -0.2) is 18.7 Å². The Bertz CT molecular complexity index is 893. The van der Waals surface area contributed by atoms with Crippen LogP contribution < -0.4 is 10.1 Å². The number of hydrogen-bond acceptors (Lipinski definition) is 7. The van der Waals surface area contributed by atoms with Gasteiger partial charge in [0.05, 0.1) is 12.2 Å². The maximum absolute atomic E-state index is 13.0. The summed E-state index contributed by atoms with van der Waals surface area (Å²) in [5.74, 6) is -2.10. The zero-order valence-corrected chi connectivity index (χ0v) is 19.8. The molecular weight excluding hydrogens is 450 g/mol. The van der Waals surface area contributed by atoms with Crippen LogP contribution in [-0.2, 0) is 24.3 Å². The van der Waals surface area contributed by atoms with E-state index in [2.05, 4.69) is 25.3 Å². The van der Waals surface area contributed by atoms with Crippen LogP contribution in [0.3, 0.4) is 0 Å². The van der Waals surface area contributed by atoms with Crippen LogP contribution in [0.4, 0.5) is 8.78 Å². The second-order valence-corrected chi connectivity index (χ2v) is 10.3. The lowest BCUT2D eigenvalue weighted by atomic mass is 9.84. The van der Waals surface area contributed by atoms with Crippen LogP contribution in [0.2, 0.25) is 0 Å². The molecule has 182 valence electrons. The number of carbonyl (C=O) groups excluding carboxylic acids is 1. The van der Waals surface area contributed by atoms with E-state index in [4.69, 9.17) is 4.74 Å². The van der Waals surface area contributed by atoms with Crippen LogP contribution in [-0.4, -0.2) is 62.2 Å². The number of nitrogens with one attached hydrogen (secondary N) is 1. The fourth-order valence-electron chi connectivity index (χ4n) is 4.49. The van der Waals surface area contributed by atoms with Crippen LogP contribution in [0, 0.1) is 5.92 Å². The number of amides is 1. The molecule has 1 N–H and O–H groups in total. The van der Waals surface area contributed by atoms with Gasteiger partial charge in [0.25, 0.3) is 11.1 Å². The molecule has 1 saturated carbocycles. The Morgan fingerprint density at radius 3 is 2.85 bits per heavy atom. The molecule has 2 aromatic rings. The molecule has 0 spiro atoms. The number of fused-ring (bicyclic) bond motifs is 1. The number of ether oxygens (including phenoxy) is 1. The molecule has 0 saturated heterocycles. The van der Waals surface area contributed by atoms with E-state index in [9.17, 15) is 13.6 Å². The molecule has 2 aliphatic rings. The van der Waals surface area contributed by atoms with Gasteiger partial charge in [0, 0.05) is 37.4 Å². The Balaban J connectivity index is 1.13. The van der Waals surface area contributed by atoms with Gasteiger partial charge in [0.15, 0.2) is 6.61 Å². The molecule has 1 aliphatic heterocycles. The van der Waals surface area contributed by atoms with Crippen LogP contribution in [0.5, 0.6) is 5.19 Å². The summed E-state index contributed by atoms with van der Waals surface area (Å²) in [7, 11) is 0. The fourth-order valence-corrected chi connectivity index (χ4v) is 5.40. The lowest BCUT2D eigenvalue weighted by Crippen LogP contribution is -2.38. The SMILES string of the molecule is CC(F)(F)COc1nc2c(s1)CCN(CCC1CCC(NC(=O)CCn3cncn3)CC1)C2. The summed E-state index contributed by atoms with van der Waals surface area (Å²) in [5.41, 5.74) is 0.970. The first-order valence-corrected chi connectivity index (χ1v) is 12.5. The molecule has 0 bridgehead atoms. The average Bonchev–Trinajstić information content (AvgIpc) is 3.44. The second-order valence-electron chi connectivity index (χ2n) is 9.22. The zero-order valence-electron chi connectivity index (χ0n) is 19.0. The third kappa shape index (κ3) is 7.43. The Labute approximate surface area is 196 Å². The highest BCUT2D eigenvalue weighted by Gasteiger charge is 2.27. The number of halogens is 2. The minimum absolute atomic E-state index is 0.0762. The lowest BCUT2D eigenvalue weighted by Gasteiger charge is -2.32. The third-order valence-corrected chi connectivity index (χ3v) is 7.41. The van der Waals surface area contributed by atoms with Gasteiger partial charge in [-0.3, -0.25) is 14.4 Å². The quantitative estimate of drug-likeness (QED) is 0.560. The van der Waals surface area contributed by atoms with Crippen molar-refractivity contribution in [2.45, 2.75) is 76.9 Å². The van der Waals surface area contributed by atoms with Crippen molar-refractivity contribution in [3.63, 3.8) is 0 Å². The highest BCUT2D eigenvalue weighted by atomic mass is 32.1. The summed E-state index contributed by atoms with van der Waals surface area (Å²) in [5, 5.41) is 7.53. The molecule has 4 rings (SSSR count). The summed E-state index contributed by atoms with van der Waals surface area (Å²) in [6.07, 6.45) is 9.87. The summed E-state index contributed by atoms with van der Waals surface area (Å²) < 4.78 is 32.9. The van der Waals surface area contributed by atoms with Gasteiger partial charge >= 0.3 is 0 Å². The summed E-state index contributed by atoms with van der Waals surface area (Å²) in [4.78, 5) is 24.1. The first-order chi connectivity index (χ1) is 15.8. The van der Waals surface area contributed by atoms with Crippen molar-refractivity contribution >= 4 is 17.2 Å². The van der Waals surface area contributed by atoms with Crippen LogP contribution in [0.1, 0.15) is 56.0 Å². The summed E-state index contributed by atoms with van der Waals surface area (Å²) >= 11 is 1.40. The predicted octanol–water partition coefficient (Wildman–Crippen LogP) is 3.28. The molecule has 11 heteroatoms. The Hall–Kier alpha value is -2.14. The number of rotatable bonds is 10. The van der Waals surface area contributed by atoms with Gasteiger partial charge in [0.2, 0.25) is 5.91 Å². The molecule has 33 heavy (non-hydrogen) atoms. The highest BCUT2D eigenvalue weighted by Crippen LogP contribution is 2.32. The molecule has 2 aromatic heterocycles. The molecule has 0 aromatic carbocycles. The van der Waals surface area contributed by atoms with Crippen molar-refractivity contribution in [1.29, 1.82) is 0 Å². The van der Waals surface area contributed by atoms with Crippen molar-refractivity contribution in [3.05, 3.63) is 23.2 Å². The van der Waals surface area contributed by atoms with Crippen LogP contribution in [0.25, 0.3) is 0 Å². The van der Waals surface area contributed by atoms with Crippen LogP contribution in [0.15, 0.2) is 12.7 Å². The largest absolute Gasteiger partial charge is 0.464 e. The molecule has 1 fully saturated rings. The van der Waals surface area contributed by atoms with E-state index < -0.39 is 12.5 Å². The Kier molecular flexibility index (Phi) is 7.90. The molecule has 0 atom stereocenters. The van der Waals surface area contributed by atoms with Crippen molar-refractivity contribution in [2.75, 3.05) is 19.7 Å². The Morgan fingerprint density at radius 2 is 2.12 bits per heavy atom. The van der Waals surface area contributed by atoms with Crippen LogP contribution >= 0.6 is 11.3 Å². The van der Waals surface area contributed by atoms with Gasteiger partial charge in [-0.1, -0.05) is 11.3 Å². The predicted molar refractivity (Wildman–Crippen MR) is 120 cm³/mol. The maximum Gasteiger partial charge on any atom is 0.278 e. The maximum atomic E-state index is 13.0. The third-order valence-electron chi connectivity index (χ3n) is 6.34. The van der Waals surface area contributed by atoms with Crippen molar-refractivity contribution in [3.8, 4) is 5.19 Å². The van der Waals surface area contributed by atoms with Gasteiger partial charge in [-0.2, -0.15) is 5.10 Å². The van der Waals surface area contributed by atoms with Gasteiger partial charge in [-0.15, -0.1) is 0 Å². The van der Waals surface area contributed by atoms with E-state index in [1.807, 2.05) is 0 Å². The van der Waals surface area contributed by atoms with E-state index in [0.717, 1.165) is 75.7 Å². The molecule has 0 radical (unpaired) electrons. The molecule has 8 nitrogen and oxygen atoms in total. The minimum atomic E-state index is -2.85. The lowest BCUT2D eigenvalue weighted by molar-refractivity contribution is -0.122. The normalized spacial score (nSPS) is 21.5. The molecule has 1 aliphatic carbocycles. The Morgan fingerprint density at radius 1 is 1.30 bits per heavy atom. The number of hydrogen-bond donors (Lipinski definition) is 1. The van der Waals surface area contributed by atoms with Gasteiger partial charge in [0.1, 0.15) is 12.7 Å². The average molecular weight is 483 g/mol. The first kappa shape index (κ1) is 24.0. The van der Waals surface area contributed by atoms with Gasteiger partial charge < -0.3 is 10.1 Å². The first-order valence-electron chi connectivity index (χ1n) is 11.7. The number of nitrogens with zero attached hydrogens (tertiary/aromatic N) is 5. The van der Waals surface area contributed by atoms with E-state index in [1.54, 1.807) is 11.0 Å². The fraction of sp³-hybridized carbons (Fsp3) is 0.727. The number of aryl methyl sites for hydroxylation is 1. The van der Waals surface area contributed by atoms with E-state index in [0.29, 0.717) is 24.1 Å². The number of alkyl halides is 2. The molecule has 3 heterocycles. The van der Waals surface area contributed by atoms with E-state index >= 15 is 0 Å². The monoisotopic (exact) mass is 482 g/mol. The second kappa shape index (κ2) is 10.9. The number of carbonyl (C=O) groups is 1. The summed E-state index contributed by atoms with van der Waals surface area (Å²) in [6.45, 7) is 3.51. The minimum Gasteiger partial charge on any atom is -0.464 e. The number of aromatic nitrogens is 4. The standard InChI is InChI=1S/C22H32F2N6O2S/c1-22(23,24)13-32-21-28-18-12-29(10-7-19(18)33-21)9-6-16-2-4-17(5-3-16)27-20(31)8-11-30-15-25-14-26-30/h14-17H,2-13H2,1H3,(H,27,31). The number of thiazole rings is 1.